The highest BCUT2D eigenvalue weighted by atomic mass is 32.1. The maximum atomic E-state index is 13.9. The molecule has 40 heavy (non-hydrogen) atoms. The first kappa shape index (κ1) is 27.1. The number of aryl methyl sites for hydroxylation is 1. The van der Waals surface area contributed by atoms with Gasteiger partial charge in [-0.3, -0.25) is 14.2 Å². The molecular formula is C31H29N3O5S. The molecule has 0 unspecified atom stereocenters. The van der Waals surface area contributed by atoms with Crippen LogP contribution in [0, 0.1) is 13.8 Å². The predicted octanol–water partition coefficient (Wildman–Crippen LogP) is 4.13. The summed E-state index contributed by atoms with van der Waals surface area (Å²) >= 11 is 1.31. The second kappa shape index (κ2) is 10.9. The normalized spacial score (nSPS) is 15.0. The first-order valence-corrected chi connectivity index (χ1v) is 13.7. The number of rotatable bonds is 6. The summed E-state index contributed by atoms with van der Waals surface area (Å²) in [6.45, 7) is 7.29. The van der Waals surface area contributed by atoms with Crippen molar-refractivity contribution in [1.82, 2.24) is 9.13 Å². The number of fused-ring (bicyclic) bond motifs is 1. The van der Waals surface area contributed by atoms with Gasteiger partial charge in [0.1, 0.15) is 5.75 Å². The molecule has 2 aromatic carbocycles. The smallest absolute Gasteiger partial charge is 0.338 e. The lowest BCUT2D eigenvalue weighted by molar-refractivity contribution is -0.136. The molecule has 0 aliphatic carbocycles. The van der Waals surface area contributed by atoms with Crippen molar-refractivity contribution in [3.63, 3.8) is 0 Å². The van der Waals surface area contributed by atoms with Crippen LogP contribution in [0.1, 0.15) is 48.8 Å². The van der Waals surface area contributed by atoms with E-state index in [-0.39, 0.29) is 11.5 Å². The van der Waals surface area contributed by atoms with Crippen LogP contribution in [-0.4, -0.2) is 28.2 Å². The molecule has 0 spiro atoms. The van der Waals surface area contributed by atoms with Gasteiger partial charge in [-0.05, 0) is 67.8 Å². The Labute approximate surface area is 235 Å². The van der Waals surface area contributed by atoms with E-state index in [1.54, 1.807) is 16.7 Å². The van der Waals surface area contributed by atoms with Crippen molar-refractivity contribution in [3.8, 4) is 11.4 Å². The summed E-state index contributed by atoms with van der Waals surface area (Å²) in [7, 11) is 1.34. The van der Waals surface area contributed by atoms with Gasteiger partial charge in [0.2, 0.25) is 0 Å². The molecule has 4 aromatic rings. The number of hydrogen-bond donors (Lipinski definition) is 0. The number of carbonyl (C=O) groups excluding carboxylic acids is 2. The van der Waals surface area contributed by atoms with Crippen molar-refractivity contribution in [3.05, 3.63) is 114 Å². The number of benzene rings is 2. The molecule has 204 valence electrons. The zero-order valence-electron chi connectivity index (χ0n) is 22.9. The van der Waals surface area contributed by atoms with Gasteiger partial charge < -0.3 is 14.0 Å². The Hall–Kier alpha value is -4.50. The van der Waals surface area contributed by atoms with Crippen LogP contribution in [0.25, 0.3) is 11.8 Å². The summed E-state index contributed by atoms with van der Waals surface area (Å²) in [6, 6.07) is 18.2. The largest absolute Gasteiger partial charge is 0.466 e. The van der Waals surface area contributed by atoms with E-state index in [1.807, 2.05) is 75.4 Å². The van der Waals surface area contributed by atoms with Crippen LogP contribution < -0.4 is 19.6 Å². The monoisotopic (exact) mass is 555 g/mol. The quantitative estimate of drug-likeness (QED) is 0.264. The second-order valence-corrected chi connectivity index (χ2v) is 10.5. The highest BCUT2D eigenvalue weighted by molar-refractivity contribution is 7.07. The molecule has 1 aliphatic heterocycles. The Bertz CT molecular complexity index is 1830. The van der Waals surface area contributed by atoms with Crippen LogP contribution in [0.4, 0.5) is 0 Å². The van der Waals surface area contributed by atoms with Gasteiger partial charge in [-0.25, -0.2) is 9.79 Å². The van der Waals surface area contributed by atoms with Crippen molar-refractivity contribution in [1.29, 1.82) is 0 Å². The van der Waals surface area contributed by atoms with Gasteiger partial charge in [0.05, 0.1) is 29.0 Å². The maximum Gasteiger partial charge on any atom is 0.338 e. The van der Waals surface area contributed by atoms with Crippen LogP contribution >= 0.6 is 11.3 Å². The molecule has 8 nitrogen and oxygen atoms in total. The Morgan fingerprint density at radius 2 is 1.77 bits per heavy atom. The molecule has 9 heteroatoms. The Morgan fingerprint density at radius 3 is 2.40 bits per heavy atom. The average Bonchev–Trinajstić information content (AvgIpc) is 3.41. The fourth-order valence-corrected chi connectivity index (χ4v) is 6.13. The number of methoxy groups -OCH3 is 1. The van der Waals surface area contributed by atoms with Crippen LogP contribution in [0.5, 0.6) is 5.75 Å². The zero-order chi connectivity index (χ0) is 28.6. The van der Waals surface area contributed by atoms with Crippen molar-refractivity contribution in [2.45, 2.75) is 40.2 Å². The fraction of sp³-hybridized carbons (Fsp3) is 0.226. The molecule has 1 atom stereocenters. The van der Waals surface area contributed by atoms with Crippen molar-refractivity contribution >= 4 is 29.4 Å². The standard InChI is InChI=1S/C31H29N3O5S/c1-6-25-27(30(37)38-5)28(21-10-8-7-9-11-21)34-29(36)26(40-31(34)32-25)17-22-16-18(2)33(19(22)3)23-12-14-24(15-13-23)39-20(4)35/h7-17,28H,6H2,1-5H3/b26-17-/t28-/m1/s1. The van der Waals surface area contributed by atoms with Crippen LogP contribution in [0.15, 0.2) is 81.7 Å². The minimum Gasteiger partial charge on any atom is -0.466 e. The number of thiazole rings is 1. The Morgan fingerprint density at radius 1 is 1.07 bits per heavy atom. The maximum absolute atomic E-state index is 13.9. The van der Waals surface area contributed by atoms with E-state index in [4.69, 9.17) is 14.5 Å². The molecule has 0 amide bonds. The lowest BCUT2D eigenvalue weighted by Crippen LogP contribution is -2.40. The molecule has 2 aromatic heterocycles. The van der Waals surface area contributed by atoms with E-state index in [0.717, 1.165) is 28.2 Å². The Kier molecular flexibility index (Phi) is 7.40. The highest BCUT2D eigenvalue weighted by Gasteiger charge is 2.33. The number of aromatic nitrogens is 2. The molecule has 3 heterocycles. The van der Waals surface area contributed by atoms with Crippen molar-refractivity contribution < 1.29 is 19.1 Å². The minimum atomic E-state index is -0.634. The number of ether oxygens (including phenoxy) is 2. The van der Waals surface area contributed by atoms with Crippen LogP contribution in [0.3, 0.4) is 0 Å². The number of carbonyl (C=O) groups is 2. The van der Waals surface area contributed by atoms with Gasteiger partial charge in [-0.1, -0.05) is 48.6 Å². The van der Waals surface area contributed by atoms with Gasteiger partial charge in [-0.15, -0.1) is 0 Å². The molecule has 5 rings (SSSR count). The molecule has 0 radical (unpaired) electrons. The van der Waals surface area contributed by atoms with E-state index in [2.05, 4.69) is 4.57 Å². The van der Waals surface area contributed by atoms with Gasteiger partial charge in [0.15, 0.2) is 4.80 Å². The van der Waals surface area contributed by atoms with Crippen molar-refractivity contribution in [2.24, 2.45) is 4.99 Å². The lowest BCUT2D eigenvalue weighted by atomic mass is 9.95. The van der Waals surface area contributed by atoms with Gasteiger partial charge in [0.25, 0.3) is 5.56 Å². The highest BCUT2D eigenvalue weighted by Crippen LogP contribution is 2.31. The predicted molar refractivity (Wildman–Crippen MR) is 153 cm³/mol. The molecule has 0 saturated carbocycles. The Balaban J connectivity index is 1.64. The zero-order valence-corrected chi connectivity index (χ0v) is 23.7. The summed E-state index contributed by atoms with van der Waals surface area (Å²) in [6.07, 6.45) is 2.40. The van der Waals surface area contributed by atoms with E-state index in [9.17, 15) is 14.4 Å². The van der Waals surface area contributed by atoms with E-state index >= 15 is 0 Å². The lowest BCUT2D eigenvalue weighted by Gasteiger charge is -2.25. The molecule has 1 aliphatic rings. The van der Waals surface area contributed by atoms with E-state index in [0.29, 0.717) is 32.8 Å². The molecule has 0 N–H and O–H groups in total. The molecule has 0 saturated heterocycles. The topological polar surface area (TPSA) is 91.9 Å². The number of hydrogen-bond acceptors (Lipinski definition) is 7. The SMILES string of the molecule is CCC1=C(C(=O)OC)[C@@H](c2ccccc2)n2c(s/c(=C\c3cc(C)n(-c4ccc(OC(C)=O)cc4)c3C)c2=O)=N1. The van der Waals surface area contributed by atoms with Gasteiger partial charge >= 0.3 is 11.9 Å². The summed E-state index contributed by atoms with van der Waals surface area (Å²) in [5, 5.41) is 0. The molecule has 0 fully saturated rings. The second-order valence-electron chi connectivity index (χ2n) is 9.45. The van der Waals surface area contributed by atoms with Crippen LogP contribution in [-0.2, 0) is 14.3 Å². The minimum absolute atomic E-state index is 0.218. The molecule has 0 bridgehead atoms. The van der Waals surface area contributed by atoms with E-state index in [1.165, 1.54) is 25.4 Å². The summed E-state index contributed by atoms with van der Waals surface area (Å²) in [4.78, 5) is 43.4. The first-order chi connectivity index (χ1) is 19.2. The van der Waals surface area contributed by atoms with Crippen molar-refractivity contribution in [2.75, 3.05) is 7.11 Å². The first-order valence-electron chi connectivity index (χ1n) is 12.9. The van der Waals surface area contributed by atoms with Gasteiger partial charge in [-0.2, -0.15) is 0 Å². The molecular weight excluding hydrogens is 526 g/mol. The third-order valence-electron chi connectivity index (χ3n) is 6.88. The van der Waals surface area contributed by atoms with Gasteiger partial charge in [0, 0.05) is 24.0 Å². The summed E-state index contributed by atoms with van der Waals surface area (Å²) < 4.78 is 14.5. The summed E-state index contributed by atoms with van der Waals surface area (Å²) in [5.74, 6) is -0.387. The number of allylic oxidation sites excluding steroid dienone is 1. The fourth-order valence-electron chi connectivity index (χ4n) is 5.12. The number of nitrogens with zero attached hydrogens (tertiary/aromatic N) is 3. The third kappa shape index (κ3) is 4.84. The van der Waals surface area contributed by atoms with Crippen LogP contribution in [0.2, 0.25) is 0 Å². The third-order valence-corrected chi connectivity index (χ3v) is 7.86. The number of esters is 2. The van der Waals surface area contributed by atoms with E-state index < -0.39 is 12.0 Å². The summed E-state index contributed by atoms with van der Waals surface area (Å²) in [5.41, 5.74) is 5.33. The average molecular weight is 556 g/mol.